The second-order valence-electron chi connectivity index (χ2n) is 9.37. The zero-order chi connectivity index (χ0) is 27.4. The lowest BCUT2D eigenvalue weighted by atomic mass is 9.94. The highest BCUT2D eigenvalue weighted by Gasteiger charge is 2.46. The van der Waals surface area contributed by atoms with Gasteiger partial charge in [0.2, 0.25) is 12.3 Å². The van der Waals surface area contributed by atoms with E-state index in [2.05, 4.69) is 21.8 Å². The number of halogens is 2. The van der Waals surface area contributed by atoms with E-state index in [-0.39, 0.29) is 25.1 Å². The van der Waals surface area contributed by atoms with Gasteiger partial charge >= 0.3 is 6.03 Å². The molecule has 0 spiro atoms. The third-order valence-corrected chi connectivity index (χ3v) is 6.13. The zero-order valence-electron chi connectivity index (χ0n) is 21.1. The number of rotatable bonds is 6. The number of aromatic nitrogens is 2. The van der Waals surface area contributed by atoms with Crippen molar-refractivity contribution in [1.29, 1.82) is 0 Å². The lowest BCUT2D eigenvalue weighted by molar-refractivity contribution is -0.122. The van der Waals surface area contributed by atoms with Gasteiger partial charge in [0.15, 0.2) is 11.6 Å². The highest BCUT2D eigenvalue weighted by atomic mass is 19.1. The number of nitrogens with zero attached hydrogens (tertiary/aromatic N) is 5. The van der Waals surface area contributed by atoms with Gasteiger partial charge in [0.1, 0.15) is 17.8 Å². The molecule has 4 amide bonds. The molecule has 0 N–H and O–H groups in total. The molecule has 4 rings (SSSR count). The first-order valence-corrected chi connectivity index (χ1v) is 11.8. The lowest BCUT2D eigenvalue weighted by Gasteiger charge is -2.45. The third kappa shape index (κ3) is 5.52. The number of anilines is 2. The van der Waals surface area contributed by atoms with Crippen molar-refractivity contribution in [3.8, 4) is 11.8 Å². The Hall–Kier alpha value is -4.65. The van der Waals surface area contributed by atoms with Gasteiger partial charge in [-0.05, 0) is 45.0 Å². The number of benzene rings is 2. The topological polar surface area (TPSA) is 86.7 Å². The Morgan fingerprint density at radius 2 is 1.68 bits per heavy atom. The van der Waals surface area contributed by atoms with E-state index in [4.69, 9.17) is 0 Å². The van der Waals surface area contributed by atoms with Gasteiger partial charge in [-0.15, -0.1) is 0 Å². The molecule has 0 radical (unpaired) electrons. The summed E-state index contributed by atoms with van der Waals surface area (Å²) in [6, 6.07) is 11.6. The molecular formula is C28H25F2N5O3. The van der Waals surface area contributed by atoms with Gasteiger partial charge in [-0.25, -0.2) is 28.4 Å². The monoisotopic (exact) mass is 517 g/mol. The van der Waals surface area contributed by atoms with Crippen LogP contribution in [0.25, 0.3) is 0 Å². The predicted octanol–water partition coefficient (Wildman–Crippen LogP) is 4.06. The second-order valence-corrected chi connectivity index (χ2v) is 9.37. The zero-order valence-corrected chi connectivity index (χ0v) is 21.1. The smallest absolute Gasteiger partial charge is 0.317 e. The largest absolute Gasteiger partial charge is 0.332 e. The number of aryl methyl sites for hydroxylation is 1. The first kappa shape index (κ1) is 26.4. The molecular weight excluding hydrogens is 492 g/mol. The molecule has 0 bridgehead atoms. The van der Waals surface area contributed by atoms with E-state index < -0.39 is 34.8 Å². The van der Waals surface area contributed by atoms with Crippen LogP contribution < -0.4 is 9.80 Å². The van der Waals surface area contributed by atoms with Crippen LogP contribution >= 0.6 is 0 Å². The fourth-order valence-electron chi connectivity index (χ4n) is 4.19. The van der Waals surface area contributed by atoms with Crippen molar-refractivity contribution in [2.24, 2.45) is 0 Å². The molecule has 0 unspecified atom stereocenters. The molecule has 1 fully saturated rings. The van der Waals surface area contributed by atoms with E-state index in [1.807, 2.05) is 6.07 Å². The minimum Gasteiger partial charge on any atom is -0.317 e. The summed E-state index contributed by atoms with van der Waals surface area (Å²) in [5, 5.41) is 0. The van der Waals surface area contributed by atoms with Crippen LogP contribution in [0.2, 0.25) is 0 Å². The molecule has 38 heavy (non-hydrogen) atoms. The molecule has 0 atom stereocenters. The van der Waals surface area contributed by atoms with Crippen LogP contribution in [0.1, 0.15) is 37.1 Å². The van der Waals surface area contributed by atoms with E-state index in [0.29, 0.717) is 28.4 Å². The number of carbonyl (C=O) groups is 3. The molecule has 1 aromatic heterocycles. The van der Waals surface area contributed by atoms with Crippen molar-refractivity contribution in [3.05, 3.63) is 83.3 Å². The summed E-state index contributed by atoms with van der Waals surface area (Å²) >= 11 is 0. The van der Waals surface area contributed by atoms with Crippen LogP contribution in [-0.4, -0.2) is 51.8 Å². The molecule has 3 aromatic rings. The van der Waals surface area contributed by atoms with Crippen molar-refractivity contribution in [3.63, 3.8) is 0 Å². The molecule has 0 saturated carbocycles. The molecule has 1 aliphatic heterocycles. The summed E-state index contributed by atoms with van der Waals surface area (Å²) < 4.78 is 30.3. The Morgan fingerprint density at radius 3 is 2.32 bits per heavy atom. The lowest BCUT2D eigenvalue weighted by Crippen LogP contribution is -2.63. The summed E-state index contributed by atoms with van der Waals surface area (Å²) in [6.45, 7) is 5.12. The maximum absolute atomic E-state index is 15.2. The van der Waals surface area contributed by atoms with Crippen LogP contribution in [0.5, 0.6) is 0 Å². The summed E-state index contributed by atoms with van der Waals surface area (Å²) in [5.41, 5.74) is -0.351. The number of hydrogen-bond donors (Lipinski definition) is 0. The Morgan fingerprint density at radius 1 is 1.03 bits per heavy atom. The maximum atomic E-state index is 15.2. The molecule has 1 aliphatic rings. The molecule has 194 valence electrons. The Labute approximate surface area is 218 Å². The standard InChI is InChI=1S/C28H25F2N5O3/c1-19-13-24(32-17-31-19)33(18-36)11-12-34-27(38)35(25(37)16-28(34,2)3)26-22(29)14-21(15-23(26)30)10-9-20-7-5-4-6-8-20/h4-8,13-15,17-18H,11-12,16H2,1-3H3. The summed E-state index contributed by atoms with van der Waals surface area (Å²) in [5.74, 6) is 2.94. The normalized spacial score (nSPS) is 14.7. The van der Waals surface area contributed by atoms with Gasteiger partial charge in [-0.3, -0.25) is 14.5 Å². The summed E-state index contributed by atoms with van der Waals surface area (Å²) in [4.78, 5) is 49.4. The van der Waals surface area contributed by atoms with Gasteiger partial charge in [0.05, 0.1) is 6.42 Å². The highest BCUT2D eigenvalue weighted by Crippen LogP contribution is 2.34. The van der Waals surface area contributed by atoms with Gasteiger partial charge in [-0.1, -0.05) is 30.0 Å². The quantitative estimate of drug-likeness (QED) is 0.364. The number of carbonyl (C=O) groups excluding carboxylic acids is 3. The van der Waals surface area contributed by atoms with E-state index in [0.717, 1.165) is 12.1 Å². The van der Waals surface area contributed by atoms with Crippen molar-refractivity contribution < 1.29 is 23.2 Å². The SMILES string of the molecule is Cc1cc(N(C=O)CCN2C(=O)N(c3c(F)cc(C#Cc4ccccc4)cc3F)C(=O)CC2(C)C)ncn1. The minimum absolute atomic E-state index is 0.0126. The number of amides is 4. The van der Waals surface area contributed by atoms with Crippen LogP contribution in [-0.2, 0) is 9.59 Å². The second kappa shape index (κ2) is 10.8. The average molecular weight is 518 g/mol. The van der Waals surface area contributed by atoms with Gasteiger partial charge in [0, 0.05) is 41.5 Å². The van der Waals surface area contributed by atoms with Crippen molar-refractivity contribution >= 4 is 29.9 Å². The molecule has 2 aromatic carbocycles. The van der Waals surface area contributed by atoms with Crippen molar-refractivity contribution in [1.82, 2.24) is 14.9 Å². The number of urea groups is 1. The Bertz CT molecular complexity index is 1430. The molecule has 2 heterocycles. The first-order valence-electron chi connectivity index (χ1n) is 11.8. The van der Waals surface area contributed by atoms with E-state index in [9.17, 15) is 14.4 Å². The van der Waals surface area contributed by atoms with Crippen LogP contribution in [0.4, 0.5) is 25.1 Å². The Kier molecular flexibility index (Phi) is 7.48. The first-order chi connectivity index (χ1) is 18.1. The summed E-state index contributed by atoms with van der Waals surface area (Å²) in [6.07, 6.45) is 1.71. The predicted molar refractivity (Wildman–Crippen MR) is 137 cm³/mol. The van der Waals surface area contributed by atoms with Crippen LogP contribution in [0.3, 0.4) is 0 Å². The number of imide groups is 1. The van der Waals surface area contributed by atoms with Crippen LogP contribution in [0, 0.1) is 30.4 Å². The minimum atomic E-state index is -1.09. The molecule has 0 aliphatic carbocycles. The summed E-state index contributed by atoms with van der Waals surface area (Å²) in [7, 11) is 0. The van der Waals surface area contributed by atoms with Crippen molar-refractivity contribution in [2.45, 2.75) is 32.7 Å². The molecule has 8 nitrogen and oxygen atoms in total. The van der Waals surface area contributed by atoms with E-state index in [1.54, 1.807) is 51.1 Å². The highest BCUT2D eigenvalue weighted by molar-refractivity contribution is 6.16. The fourth-order valence-corrected chi connectivity index (χ4v) is 4.19. The average Bonchev–Trinajstić information content (AvgIpc) is 2.86. The number of hydrogen-bond acceptors (Lipinski definition) is 5. The van der Waals surface area contributed by atoms with Gasteiger partial charge in [-0.2, -0.15) is 0 Å². The van der Waals surface area contributed by atoms with Crippen molar-refractivity contribution in [2.75, 3.05) is 22.9 Å². The van der Waals surface area contributed by atoms with E-state index in [1.165, 1.54) is 16.1 Å². The van der Waals surface area contributed by atoms with Gasteiger partial charge in [0.25, 0.3) is 0 Å². The van der Waals surface area contributed by atoms with Gasteiger partial charge < -0.3 is 4.90 Å². The Balaban J connectivity index is 1.60. The van der Waals surface area contributed by atoms with Crippen LogP contribution in [0.15, 0.2) is 54.9 Å². The molecule has 1 saturated heterocycles. The fraction of sp³-hybridized carbons (Fsp3) is 0.250. The molecule has 10 heteroatoms. The van der Waals surface area contributed by atoms with E-state index >= 15 is 8.78 Å². The third-order valence-electron chi connectivity index (χ3n) is 6.13. The maximum Gasteiger partial charge on any atom is 0.332 e.